The van der Waals surface area contributed by atoms with Crippen molar-refractivity contribution in [2.45, 2.75) is 18.9 Å². The van der Waals surface area contributed by atoms with Crippen molar-refractivity contribution in [2.75, 3.05) is 16.3 Å². The fourth-order valence-corrected chi connectivity index (χ4v) is 3.41. The van der Waals surface area contributed by atoms with Crippen LogP contribution in [0.3, 0.4) is 0 Å². The van der Waals surface area contributed by atoms with Crippen molar-refractivity contribution in [3.8, 4) is 11.1 Å². The number of benzene rings is 1. The molecule has 1 aromatic heterocycles. The molecule has 7 nitrogen and oxygen atoms in total. The zero-order chi connectivity index (χ0) is 17.3. The number of aliphatic carboxylic acids is 1. The Morgan fingerprint density at radius 3 is 2.67 bits per heavy atom. The molecule has 126 valence electrons. The van der Waals surface area contributed by atoms with Crippen molar-refractivity contribution in [3.05, 3.63) is 42.1 Å². The standard InChI is InChI=1S/C16H17N3O4S/c1-24(22,23)19-11-4-2-10(3-5-11)13-6-7-17-16-14(13)8-12(18-16)9-15(20)21/h2-7,12,19H,8-9H2,1H3,(H,17,18)(H,20,21). The first kappa shape index (κ1) is 16.3. The van der Waals surface area contributed by atoms with E-state index < -0.39 is 16.0 Å². The molecule has 0 bridgehead atoms. The van der Waals surface area contributed by atoms with Gasteiger partial charge in [0.05, 0.1) is 12.7 Å². The van der Waals surface area contributed by atoms with Crippen molar-refractivity contribution in [2.24, 2.45) is 0 Å². The number of nitrogens with one attached hydrogen (secondary N) is 2. The second kappa shape index (κ2) is 6.12. The minimum atomic E-state index is -3.31. The molecule has 24 heavy (non-hydrogen) atoms. The Bertz CT molecular complexity index is 879. The Hall–Kier alpha value is -2.61. The van der Waals surface area contributed by atoms with Gasteiger partial charge in [-0.1, -0.05) is 12.1 Å². The van der Waals surface area contributed by atoms with Gasteiger partial charge < -0.3 is 10.4 Å². The van der Waals surface area contributed by atoms with Gasteiger partial charge in [0.25, 0.3) is 0 Å². The molecule has 0 spiro atoms. The highest BCUT2D eigenvalue weighted by Gasteiger charge is 2.26. The molecule has 0 saturated carbocycles. The van der Waals surface area contributed by atoms with E-state index in [1.165, 1.54) is 0 Å². The van der Waals surface area contributed by atoms with Crippen LogP contribution in [0.2, 0.25) is 0 Å². The number of fused-ring (bicyclic) bond motifs is 1. The molecule has 3 N–H and O–H groups in total. The third-order valence-corrected chi connectivity index (χ3v) is 4.37. The molecule has 1 aliphatic rings. The van der Waals surface area contributed by atoms with Crippen molar-refractivity contribution >= 4 is 27.5 Å². The Balaban J connectivity index is 1.87. The maximum Gasteiger partial charge on any atom is 0.305 e. The van der Waals surface area contributed by atoms with Gasteiger partial charge >= 0.3 is 5.97 Å². The lowest BCUT2D eigenvalue weighted by molar-refractivity contribution is -0.137. The minimum absolute atomic E-state index is 0.0347. The SMILES string of the molecule is CS(=O)(=O)Nc1ccc(-c2ccnc3c2CC(CC(=O)O)N3)cc1. The molecule has 3 rings (SSSR count). The fraction of sp³-hybridized carbons (Fsp3) is 0.250. The summed E-state index contributed by atoms with van der Waals surface area (Å²) in [5.41, 5.74) is 3.36. The highest BCUT2D eigenvalue weighted by molar-refractivity contribution is 7.92. The van der Waals surface area contributed by atoms with Gasteiger partial charge in [0.15, 0.2) is 0 Å². The van der Waals surface area contributed by atoms with Gasteiger partial charge in [-0.05, 0) is 35.7 Å². The summed E-state index contributed by atoms with van der Waals surface area (Å²) in [6, 6.07) is 8.75. The zero-order valence-electron chi connectivity index (χ0n) is 13.0. The molecule has 2 aromatic rings. The number of hydrogen-bond acceptors (Lipinski definition) is 5. The summed E-state index contributed by atoms with van der Waals surface area (Å²) in [6.45, 7) is 0. The number of hydrogen-bond donors (Lipinski definition) is 3. The molecule has 0 aliphatic carbocycles. The van der Waals surface area contributed by atoms with E-state index in [1.807, 2.05) is 18.2 Å². The Morgan fingerprint density at radius 2 is 2.04 bits per heavy atom. The van der Waals surface area contributed by atoms with Gasteiger partial charge in [0.1, 0.15) is 5.82 Å². The molecule has 0 radical (unpaired) electrons. The van der Waals surface area contributed by atoms with Crippen LogP contribution in [0.15, 0.2) is 36.5 Å². The Labute approximate surface area is 139 Å². The van der Waals surface area contributed by atoms with E-state index in [0.717, 1.165) is 22.9 Å². The monoisotopic (exact) mass is 347 g/mol. The first-order valence-electron chi connectivity index (χ1n) is 7.36. The number of nitrogens with zero attached hydrogens (tertiary/aromatic N) is 1. The van der Waals surface area contributed by atoms with E-state index in [9.17, 15) is 13.2 Å². The first-order valence-corrected chi connectivity index (χ1v) is 9.25. The summed E-state index contributed by atoms with van der Waals surface area (Å²) in [7, 11) is -3.31. The van der Waals surface area contributed by atoms with Crippen molar-refractivity contribution < 1.29 is 18.3 Å². The van der Waals surface area contributed by atoms with Gasteiger partial charge in [0.2, 0.25) is 10.0 Å². The summed E-state index contributed by atoms with van der Waals surface area (Å²) >= 11 is 0. The van der Waals surface area contributed by atoms with Crippen LogP contribution in [0.1, 0.15) is 12.0 Å². The summed E-state index contributed by atoms with van der Waals surface area (Å²) in [4.78, 5) is 15.2. The minimum Gasteiger partial charge on any atom is -0.481 e. The molecule has 1 aromatic carbocycles. The molecule has 8 heteroatoms. The molecular weight excluding hydrogens is 330 g/mol. The van der Waals surface area contributed by atoms with E-state index in [4.69, 9.17) is 5.11 Å². The van der Waals surface area contributed by atoms with Crippen molar-refractivity contribution in [1.82, 2.24) is 4.98 Å². The lowest BCUT2D eigenvalue weighted by Gasteiger charge is -2.09. The van der Waals surface area contributed by atoms with E-state index in [0.29, 0.717) is 17.9 Å². The lowest BCUT2D eigenvalue weighted by atomic mass is 9.98. The van der Waals surface area contributed by atoms with Crippen LogP contribution < -0.4 is 10.0 Å². The van der Waals surface area contributed by atoms with Gasteiger partial charge in [-0.25, -0.2) is 13.4 Å². The van der Waals surface area contributed by atoms with Crippen LogP contribution >= 0.6 is 0 Å². The van der Waals surface area contributed by atoms with Gasteiger partial charge in [-0.3, -0.25) is 9.52 Å². The van der Waals surface area contributed by atoms with Crippen LogP contribution in [0, 0.1) is 0 Å². The third kappa shape index (κ3) is 3.65. The number of rotatable bonds is 5. The summed E-state index contributed by atoms with van der Waals surface area (Å²) in [5, 5.41) is 12.1. The summed E-state index contributed by atoms with van der Waals surface area (Å²) in [5.74, 6) is -0.143. The molecular formula is C16H17N3O4S. The third-order valence-electron chi connectivity index (χ3n) is 3.77. The number of pyridine rings is 1. The van der Waals surface area contributed by atoms with Gasteiger partial charge in [-0.15, -0.1) is 0 Å². The van der Waals surface area contributed by atoms with E-state index in [2.05, 4.69) is 15.0 Å². The predicted molar refractivity (Wildman–Crippen MR) is 91.5 cm³/mol. The van der Waals surface area contributed by atoms with Crippen LogP contribution in [0.5, 0.6) is 0 Å². The summed E-state index contributed by atoms with van der Waals surface area (Å²) < 4.78 is 24.9. The zero-order valence-corrected chi connectivity index (χ0v) is 13.8. The molecule has 2 heterocycles. The first-order chi connectivity index (χ1) is 11.3. The maximum atomic E-state index is 11.3. The molecule has 0 amide bonds. The summed E-state index contributed by atoms with van der Waals surface area (Å²) in [6.07, 6.45) is 3.40. The largest absolute Gasteiger partial charge is 0.481 e. The van der Waals surface area contributed by atoms with Crippen LogP contribution in [-0.2, 0) is 21.2 Å². The fourth-order valence-electron chi connectivity index (χ4n) is 2.85. The number of carbonyl (C=O) groups is 1. The van der Waals surface area contributed by atoms with Gasteiger partial charge in [-0.2, -0.15) is 0 Å². The number of carboxylic acid groups (broad SMARTS) is 1. The maximum absolute atomic E-state index is 11.3. The lowest BCUT2D eigenvalue weighted by Crippen LogP contribution is -2.19. The Morgan fingerprint density at radius 1 is 1.33 bits per heavy atom. The molecule has 1 aliphatic heterocycles. The molecule has 0 saturated heterocycles. The topological polar surface area (TPSA) is 108 Å². The molecule has 1 unspecified atom stereocenters. The second-order valence-electron chi connectivity index (χ2n) is 5.78. The molecule has 1 atom stereocenters. The number of carboxylic acids is 1. The highest BCUT2D eigenvalue weighted by Crippen LogP contribution is 2.34. The number of anilines is 2. The molecule has 0 fully saturated rings. The number of sulfonamides is 1. The normalized spacial score (nSPS) is 16.3. The van der Waals surface area contributed by atoms with E-state index in [1.54, 1.807) is 18.3 Å². The van der Waals surface area contributed by atoms with Gasteiger partial charge in [0, 0.05) is 23.5 Å². The average Bonchev–Trinajstić information content (AvgIpc) is 2.87. The van der Waals surface area contributed by atoms with Crippen LogP contribution in [0.4, 0.5) is 11.5 Å². The van der Waals surface area contributed by atoms with Crippen molar-refractivity contribution in [3.63, 3.8) is 0 Å². The van der Waals surface area contributed by atoms with E-state index in [-0.39, 0.29) is 12.5 Å². The average molecular weight is 347 g/mol. The van der Waals surface area contributed by atoms with Crippen LogP contribution in [0.25, 0.3) is 11.1 Å². The highest BCUT2D eigenvalue weighted by atomic mass is 32.2. The number of aromatic nitrogens is 1. The van der Waals surface area contributed by atoms with Crippen molar-refractivity contribution in [1.29, 1.82) is 0 Å². The Kier molecular flexibility index (Phi) is 4.15. The predicted octanol–water partition coefficient (Wildman–Crippen LogP) is 1.93. The van der Waals surface area contributed by atoms with E-state index >= 15 is 0 Å². The quantitative estimate of drug-likeness (QED) is 0.763. The second-order valence-corrected chi connectivity index (χ2v) is 7.53. The van der Waals surface area contributed by atoms with Crippen LogP contribution in [-0.4, -0.2) is 36.8 Å². The smallest absolute Gasteiger partial charge is 0.305 e.